The third-order valence-corrected chi connectivity index (χ3v) is 9.52. The number of carbonyl (C=O) groups excluding carboxylic acids is 2. The summed E-state index contributed by atoms with van der Waals surface area (Å²) in [4.78, 5) is 29.9. The van der Waals surface area contributed by atoms with Gasteiger partial charge < -0.3 is 25.0 Å². The summed E-state index contributed by atoms with van der Waals surface area (Å²) in [5.41, 5.74) is 1.30. The highest BCUT2D eigenvalue weighted by molar-refractivity contribution is 7.92. The fourth-order valence-corrected chi connectivity index (χ4v) is 6.49. The van der Waals surface area contributed by atoms with Gasteiger partial charge in [0.05, 0.1) is 36.2 Å². The van der Waals surface area contributed by atoms with Crippen molar-refractivity contribution in [2.24, 2.45) is 5.92 Å². The molecule has 12 heteroatoms. The van der Waals surface area contributed by atoms with E-state index in [1.54, 1.807) is 24.9 Å². The molecular formula is C34H37FN4O6S. The van der Waals surface area contributed by atoms with Crippen molar-refractivity contribution in [2.45, 2.75) is 37.3 Å². The molecule has 4 aromatic carbocycles. The molecule has 0 aliphatic carbocycles. The average Bonchev–Trinajstić information content (AvgIpc) is 3.08. The van der Waals surface area contributed by atoms with E-state index in [-0.39, 0.29) is 54.6 Å². The maximum atomic E-state index is 13.5. The average molecular weight is 649 g/mol. The van der Waals surface area contributed by atoms with Gasteiger partial charge in [0.1, 0.15) is 17.7 Å². The van der Waals surface area contributed by atoms with Gasteiger partial charge in [0.15, 0.2) is 0 Å². The van der Waals surface area contributed by atoms with E-state index in [0.717, 1.165) is 35.0 Å². The maximum Gasteiger partial charge on any atom is 0.321 e. The molecule has 1 aliphatic heterocycles. The summed E-state index contributed by atoms with van der Waals surface area (Å²) in [5, 5.41) is 14.8. The molecule has 46 heavy (non-hydrogen) atoms. The number of benzene rings is 4. The molecule has 4 aromatic rings. The van der Waals surface area contributed by atoms with E-state index in [4.69, 9.17) is 4.74 Å². The molecule has 0 bridgehead atoms. The highest BCUT2D eigenvalue weighted by Gasteiger charge is 2.32. The Morgan fingerprint density at radius 1 is 1.09 bits per heavy atom. The molecule has 0 unspecified atom stereocenters. The van der Waals surface area contributed by atoms with Crippen molar-refractivity contribution in [1.82, 2.24) is 9.80 Å². The lowest BCUT2D eigenvalue weighted by Crippen LogP contribution is -2.48. The van der Waals surface area contributed by atoms with Crippen LogP contribution >= 0.6 is 0 Å². The number of aliphatic hydroxyl groups is 1. The third-order valence-electron chi connectivity index (χ3n) is 8.12. The highest BCUT2D eigenvalue weighted by atomic mass is 32.2. The summed E-state index contributed by atoms with van der Waals surface area (Å²) in [5.74, 6) is -0.710. The van der Waals surface area contributed by atoms with E-state index in [1.165, 1.54) is 17.0 Å². The second-order valence-corrected chi connectivity index (χ2v) is 13.3. The zero-order chi connectivity index (χ0) is 33.0. The van der Waals surface area contributed by atoms with Crippen LogP contribution < -0.4 is 14.8 Å². The number of aliphatic hydroxyl groups excluding tert-OH is 1. The highest BCUT2D eigenvalue weighted by Crippen LogP contribution is 2.30. The molecular weight excluding hydrogens is 611 g/mol. The van der Waals surface area contributed by atoms with Crippen molar-refractivity contribution in [3.63, 3.8) is 0 Å². The quantitative estimate of drug-likeness (QED) is 0.244. The van der Waals surface area contributed by atoms with Crippen LogP contribution in [0.25, 0.3) is 10.8 Å². The SMILES string of the molecule is C[C@@H]1CN([C@H](C)CO)C(=O)Cc2cc(NS(=O)(=O)c3ccc(F)cc3)ccc2O[C@H]1CN(C)C(=O)Nc1cccc2ccccc12. The number of urea groups is 1. The third kappa shape index (κ3) is 7.40. The molecule has 0 aromatic heterocycles. The molecule has 0 radical (unpaired) electrons. The van der Waals surface area contributed by atoms with Crippen LogP contribution in [0.5, 0.6) is 5.75 Å². The molecule has 1 heterocycles. The number of ether oxygens (including phenoxy) is 1. The van der Waals surface area contributed by atoms with Crippen LogP contribution in [0.4, 0.5) is 20.6 Å². The Morgan fingerprint density at radius 2 is 1.80 bits per heavy atom. The largest absolute Gasteiger partial charge is 0.488 e. The molecule has 0 fully saturated rings. The Balaban J connectivity index is 1.41. The van der Waals surface area contributed by atoms with Crippen molar-refractivity contribution in [3.05, 3.63) is 96.3 Å². The standard InChI is InChI=1S/C34H37FN4O6S/c1-22-19-39(23(2)21-40)33(41)18-25-17-27(37-46(43,44)28-14-11-26(35)12-15-28)13-16-31(25)45-32(22)20-38(3)34(42)36-30-10-6-8-24-7-4-5-9-29(24)30/h4-17,22-23,32,37,40H,18-21H2,1-3H3,(H,36,42)/t22-,23-,32+/m1/s1. The number of nitrogens with zero attached hydrogens (tertiary/aromatic N) is 2. The van der Waals surface area contributed by atoms with Crippen LogP contribution in [-0.4, -0.2) is 74.2 Å². The number of sulfonamides is 1. The van der Waals surface area contributed by atoms with Crippen LogP contribution in [0.15, 0.2) is 89.8 Å². The zero-order valence-corrected chi connectivity index (χ0v) is 26.6. The summed E-state index contributed by atoms with van der Waals surface area (Å²) >= 11 is 0. The van der Waals surface area contributed by atoms with Gasteiger partial charge in [0.2, 0.25) is 5.91 Å². The number of carbonyl (C=O) groups is 2. The molecule has 0 saturated carbocycles. The first-order valence-corrected chi connectivity index (χ1v) is 16.4. The number of nitrogens with one attached hydrogen (secondary N) is 2. The van der Waals surface area contributed by atoms with Crippen molar-refractivity contribution in [2.75, 3.05) is 36.8 Å². The van der Waals surface area contributed by atoms with Gasteiger partial charge in [-0.05, 0) is 60.8 Å². The number of likely N-dealkylation sites (N-methyl/N-ethyl adjacent to an activating group) is 1. The first-order valence-electron chi connectivity index (χ1n) is 14.9. The molecule has 5 rings (SSSR count). The summed E-state index contributed by atoms with van der Waals surface area (Å²) < 4.78 is 48.3. The Kier molecular flexibility index (Phi) is 9.78. The molecule has 10 nitrogen and oxygen atoms in total. The monoisotopic (exact) mass is 648 g/mol. The van der Waals surface area contributed by atoms with Crippen LogP contribution in [0, 0.1) is 11.7 Å². The smallest absolute Gasteiger partial charge is 0.321 e. The van der Waals surface area contributed by atoms with Gasteiger partial charge in [0, 0.05) is 36.1 Å². The van der Waals surface area contributed by atoms with Gasteiger partial charge in [-0.1, -0.05) is 43.3 Å². The van der Waals surface area contributed by atoms with Gasteiger partial charge in [-0.2, -0.15) is 0 Å². The number of hydrogen-bond donors (Lipinski definition) is 3. The number of amides is 3. The van der Waals surface area contributed by atoms with E-state index < -0.39 is 28.0 Å². The Bertz CT molecular complexity index is 1830. The lowest BCUT2D eigenvalue weighted by atomic mass is 10.0. The first-order chi connectivity index (χ1) is 21.9. The Hall–Kier alpha value is -4.68. The Labute approximate surface area is 267 Å². The fraction of sp³-hybridized carbons (Fsp3) is 0.294. The van der Waals surface area contributed by atoms with Gasteiger partial charge in [0.25, 0.3) is 10.0 Å². The van der Waals surface area contributed by atoms with Crippen LogP contribution in [0.1, 0.15) is 19.4 Å². The second-order valence-electron chi connectivity index (χ2n) is 11.6. The summed E-state index contributed by atoms with van der Waals surface area (Å²) in [7, 11) is -2.38. The van der Waals surface area contributed by atoms with Crippen molar-refractivity contribution in [1.29, 1.82) is 0 Å². The number of halogens is 1. The van der Waals surface area contributed by atoms with Gasteiger partial charge in [-0.25, -0.2) is 17.6 Å². The fourth-order valence-electron chi connectivity index (χ4n) is 5.44. The van der Waals surface area contributed by atoms with Crippen LogP contribution in [0.2, 0.25) is 0 Å². The van der Waals surface area contributed by atoms with E-state index >= 15 is 0 Å². The molecule has 3 amide bonds. The maximum absolute atomic E-state index is 13.5. The van der Waals surface area contributed by atoms with Crippen LogP contribution in [0.3, 0.4) is 0 Å². The number of fused-ring (bicyclic) bond motifs is 2. The van der Waals surface area contributed by atoms with E-state index in [9.17, 15) is 27.5 Å². The minimum atomic E-state index is -4.04. The lowest BCUT2D eigenvalue weighted by Gasteiger charge is -2.34. The number of anilines is 2. The van der Waals surface area contributed by atoms with Crippen molar-refractivity contribution >= 4 is 44.1 Å². The van der Waals surface area contributed by atoms with Gasteiger partial charge in [-0.3, -0.25) is 9.52 Å². The molecule has 1 aliphatic rings. The minimum absolute atomic E-state index is 0.108. The molecule has 3 N–H and O–H groups in total. The van der Waals surface area contributed by atoms with Crippen LogP contribution in [-0.2, 0) is 21.2 Å². The minimum Gasteiger partial charge on any atom is -0.488 e. The predicted octanol–water partition coefficient (Wildman–Crippen LogP) is 5.09. The molecule has 0 spiro atoms. The molecule has 3 atom stereocenters. The first kappa shape index (κ1) is 32.7. The zero-order valence-electron chi connectivity index (χ0n) is 25.8. The molecule has 242 valence electrons. The summed E-state index contributed by atoms with van der Waals surface area (Å²) in [6.45, 7) is 3.85. The topological polar surface area (TPSA) is 128 Å². The van der Waals surface area contributed by atoms with Crippen molar-refractivity contribution in [3.8, 4) is 5.75 Å². The number of hydrogen-bond acceptors (Lipinski definition) is 6. The Morgan fingerprint density at radius 3 is 2.54 bits per heavy atom. The normalized spacial score (nSPS) is 17.6. The number of rotatable bonds is 8. The van der Waals surface area contributed by atoms with Crippen molar-refractivity contribution < 1.29 is 32.2 Å². The van der Waals surface area contributed by atoms with Gasteiger partial charge >= 0.3 is 6.03 Å². The summed E-state index contributed by atoms with van der Waals surface area (Å²) in [6, 6.07) is 21.7. The van der Waals surface area contributed by atoms with E-state index in [2.05, 4.69) is 10.0 Å². The lowest BCUT2D eigenvalue weighted by molar-refractivity contribution is -0.134. The summed E-state index contributed by atoms with van der Waals surface area (Å²) in [6.07, 6.45) is -0.675. The molecule has 0 saturated heterocycles. The second kappa shape index (κ2) is 13.8. The van der Waals surface area contributed by atoms with E-state index in [1.807, 2.05) is 49.4 Å². The van der Waals surface area contributed by atoms with Gasteiger partial charge in [-0.15, -0.1) is 0 Å². The predicted molar refractivity (Wildman–Crippen MR) is 175 cm³/mol. The van der Waals surface area contributed by atoms with E-state index in [0.29, 0.717) is 17.0 Å².